The smallest absolute Gasteiger partial charge is 0.164 e. The zero-order chi connectivity index (χ0) is 37.5. The molecule has 6 heteroatoms. The first kappa shape index (κ1) is 32.3. The van der Waals surface area contributed by atoms with Gasteiger partial charge in [-0.15, -0.1) is 22.7 Å². The van der Waals surface area contributed by atoms with Crippen molar-refractivity contribution in [2.24, 2.45) is 0 Å². The molecule has 0 amide bonds. The van der Waals surface area contributed by atoms with E-state index >= 15 is 0 Å². The Labute approximate surface area is 335 Å². The highest BCUT2D eigenvalue weighted by Crippen LogP contribution is 2.45. The fourth-order valence-electron chi connectivity index (χ4n) is 8.46. The van der Waals surface area contributed by atoms with Crippen LogP contribution in [0.2, 0.25) is 0 Å². The number of aromatic nitrogens is 4. The van der Waals surface area contributed by atoms with E-state index in [9.17, 15) is 0 Å². The molecule has 0 saturated carbocycles. The van der Waals surface area contributed by atoms with Gasteiger partial charge in [-0.25, -0.2) is 15.0 Å². The van der Waals surface area contributed by atoms with Gasteiger partial charge < -0.3 is 4.57 Å². The molecule has 4 heterocycles. The van der Waals surface area contributed by atoms with Crippen LogP contribution in [0.3, 0.4) is 0 Å². The molecule has 0 bridgehead atoms. The molecule has 12 aromatic rings. The quantitative estimate of drug-likeness (QED) is 0.175. The van der Waals surface area contributed by atoms with Gasteiger partial charge in [0.15, 0.2) is 17.5 Å². The SMILES string of the molecule is c1ccc(-c2nc(-c3ccccc3)nc(-c3cccc4sc5ccc(-c6ccc7c(c6)c6ccc8sc9ccccc9c8c6n7-c6ccccc6)cc5c34)n2)cc1. The van der Waals surface area contributed by atoms with Crippen LogP contribution in [0.5, 0.6) is 0 Å². The molecule has 4 nitrogen and oxygen atoms in total. The first-order valence-corrected chi connectivity index (χ1v) is 20.7. The highest BCUT2D eigenvalue weighted by atomic mass is 32.1. The van der Waals surface area contributed by atoms with Crippen molar-refractivity contribution in [2.75, 3.05) is 0 Å². The molecule has 57 heavy (non-hydrogen) atoms. The maximum absolute atomic E-state index is 5.12. The summed E-state index contributed by atoms with van der Waals surface area (Å²) in [5, 5.41) is 7.48. The van der Waals surface area contributed by atoms with Crippen molar-refractivity contribution in [1.29, 1.82) is 0 Å². The van der Waals surface area contributed by atoms with Crippen molar-refractivity contribution in [3.8, 4) is 51.0 Å². The van der Waals surface area contributed by atoms with Crippen molar-refractivity contribution in [1.82, 2.24) is 19.5 Å². The monoisotopic (exact) mass is 762 g/mol. The van der Waals surface area contributed by atoms with Crippen LogP contribution in [0, 0.1) is 0 Å². The van der Waals surface area contributed by atoms with E-state index in [1.165, 1.54) is 67.9 Å². The molecule has 0 spiro atoms. The van der Waals surface area contributed by atoms with Crippen LogP contribution < -0.4 is 0 Å². The molecule has 0 saturated heterocycles. The summed E-state index contributed by atoms with van der Waals surface area (Å²) in [6, 6.07) is 64.9. The zero-order valence-electron chi connectivity index (χ0n) is 30.4. The third-order valence-electron chi connectivity index (χ3n) is 11.1. The second-order valence-corrected chi connectivity index (χ2v) is 16.5. The standard InChI is InChI=1S/C51H30N4S2/c1-4-13-31(14-5-1)49-52-50(32-15-6-2-7-16-32)54-51(53-49)38-20-12-22-44-46(38)40-30-34(24-27-43(40)57-44)33-23-26-41-39(29-33)36-25-28-45-47(37-19-10-11-21-42(37)56-45)48(36)55(41)35-17-8-3-9-18-35/h1-30H. The fourth-order valence-corrected chi connectivity index (χ4v) is 10.7. The molecule has 0 unspecified atom stereocenters. The summed E-state index contributed by atoms with van der Waals surface area (Å²) in [4.78, 5) is 15.2. The molecule has 12 rings (SSSR count). The van der Waals surface area contributed by atoms with Crippen LogP contribution in [0.1, 0.15) is 0 Å². The Morgan fingerprint density at radius 2 is 0.912 bits per heavy atom. The Kier molecular flexibility index (Phi) is 7.24. The highest BCUT2D eigenvalue weighted by molar-refractivity contribution is 7.26. The van der Waals surface area contributed by atoms with Gasteiger partial charge in [-0.05, 0) is 65.7 Å². The molecular formula is C51H30N4S2. The van der Waals surface area contributed by atoms with Crippen LogP contribution in [-0.2, 0) is 0 Å². The molecule has 0 N–H and O–H groups in total. The van der Waals surface area contributed by atoms with Crippen molar-refractivity contribution in [3.05, 3.63) is 182 Å². The van der Waals surface area contributed by atoms with Crippen LogP contribution in [-0.4, -0.2) is 19.5 Å². The Morgan fingerprint density at radius 3 is 1.65 bits per heavy atom. The number of hydrogen-bond donors (Lipinski definition) is 0. The summed E-state index contributed by atoms with van der Waals surface area (Å²) in [7, 11) is 0. The normalized spacial score (nSPS) is 11.9. The first-order valence-electron chi connectivity index (χ1n) is 19.0. The number of hydrogen-bond acceptors (Lipinski definition) is 5. The minimum absolute atomic E-state index is 0.660. The Bertz CT molecular complexity index is 3450. The Morgan fingerprint density at radius 1 is 0.351 bits per heavy atom. The van der Waals surface area contributed by atoms with Gasteiger partial charge in [0, 0.05) is 73.5 Å². The summed E-state index contributed by atoms with van der Waals surface area (Å²) >= 11 is 3.68. The number of benzene rings is 8. The van der Waals surface area contributed by atoms with E-state index in [1.807, 2.05) is 59.1 Å². The third-order valence-corrected chi connectivity index (χ3v) is 13.3. The maximum Gasteiger partial charge on any atom is 0.164 e. The van der Waals surface area contributed by atoms with Gasteiger partial charge in [-0.1, -0.05) is 127 Å². The van der Waals surface area contributed by atoms with E-state index < -0.39 is 0 Å². The number of fused-ring (bicyclic) bond motifs is 10. The average Bonchev–Trinajstić information content (AvgIpc) is 3.96. The van der Waals surface area contributed by atoms with E-state index in [1.54, 1.807) is 0 Å². The van der Waals surface area contributed by atoms with E-state index in [2.05, 4.69) is 150 Å². The van der Waals surface area contributed by atoms with E-state index in [0.29, 0.717) is 17.5 Å². The number of rotatable bonds is 5. The van der Waals surface area contributed by atoms with Gasteiger partial charge in [-0.3, -0.25) is 0 Å². The number of nitrogens with zero attached hydrogens (tertiary/aromatic N) is 4. The van der Waals surface area contributed by atoms with Gasteiger partial charge in [0.05, 0.1) is 11.0 Å². The number of para-hydroxylation sites is 1. The van der Waals surface area contributed by atoms with E-state index in [-0.39, 0.29) is 0 Å². The summed E-state index contributed by atoms with van der Waals surface area (Å²) < 4.78 is 7.51. The molecule has 0 radical (unpaired) electrons. The molecule has 0 atom stereocenters. The lowest BCUT2D eigenvalue weighted by Crippen LogP contribution is -2.00. The molecule has 0 aliphatic heterocycles. The lowest BCUT2D eigenvalue weighted by atomic mass is 9.99. The summed E-state index contributed by atoms with van der Waals surface area (Å²) in [5.74, 6) is 1.99. The van der Waals surface area contributed by atoms with Gasteiger partial charge in [0.2, 0.25) is 0 Å². The number of thiophene rings is 2. The maximum atomic E-state index is 5.12. The van der Waals surface area contributed by atoms with Crippen molar-refractivity contribution >= 4 is 84.8 Å². The van der Waals surface area contributed by atoms with Crippen LogP contribution in [0.25, 0.3) is 113 Å². The topological polar surface area (TPSA) is 43.6 Å². The van der Waals surface area contributed by atoms with Crippen molar-refractivity contribution < 1.29 is 0 Å². The second-order valence-electron chi connectivity index (χ2n) is 14.4. The van der Waals surface area contributed by atoms with Crippen LogP contribution >= 0.6 is 22.7 Å². The predicted molar refractivity (Wildman–Crippen MR) is 242 cm³/mol. The van der Waals surface area contributed by atoms with Crippen molar-refractivity contribution in [2.45, 2.75) is 0 Å². The minimum atomic E-state index is 0.660. The Balaban J connectivity index is 1.07. The second kappa shape index (κ2) is 12.8. The zero-order valence-corrected chi connectivity index (χ0v) is 32.1. The Hall–Kier alpha value is -6.99. The summed E-state index contributed by atoms with van der Waals surface area (Å²) in [6.07, 6.45) is 0. The minimum Gasteiger partial charge on any atom is -0.309 e. The third kappa shape index (κ3) is 5.15. The molecule has 266 valence electrons. The first-order chi connectivity index (χ1) is 28.2. The average molecular weight is 763 g/mol. The van der Waals surface area contributed by atoms with Gasteiger partial charge in [0.1, 0.15) is 0 Å². The van der Waals surface area contributed by atoms with E-state index in [4.69, 9.17) is 15.0 Å². The summed E-state index contributed by atoms with van der Waals surface area (Å²) in [6.45, 7) is 0. The molecule has 0 fully saturated rings. The lowest BCUT2D eigenvalue weighted by molar-refractivity contribution is 1.08. The molecule has 8 aromatic carbocycles. The van der Waals surface area contributed by atoms with Crippen molar-refractivity contribution in [3.63, 3.8) is 0 Å². The van der Waals surface area contributed by atoms with Gasteiger partial charge in [0.25, 0.3) is 0 Å². The largest absolute Gasteiger partial charge is 0.309 e. The van der Waals surface area contributed by atoms with Gasteiger partial charge in [-0.2, -0.15) is 0 Å². The van der Waals surface area contributed by atoms with E-state index in [0.717, 1.165) is 27.8 Å². The fraction of sp³-hybridized carbons (Fsp3) is 0. The summed E-state index contributed by atoms with van der Waals surface area (Å²) in [5.41, 5.74) is 8.89. The molecule has 0 aliphatic carbocycles. The molecule has 0 aliphatic rings. The lowest BCUT2D eigenvalue weighted by Gasteiger charge is -2.10. The predicted octanol–water partition coefficient (Wildman–Crippen LogP) is 14.4. The molecular weight excluding hydrogens is 733 g/mol. The van der Waals surface area contributed by atoms with Crippen LogP contribution in [0.15, 0.2) is 182 Å². The molecule has 4 aromatic heterocycles. The van der Waals surface area contributed by atoms with Crippen LogP contribution in [0.4, 0.5) is 0 Å². The van der Waals surface area contributed by atoms with Gasteiger partial charge >= 0.3 is 0 Å². The highest BCUT2D eigenvalue weighted by Gasteiger charge is 2.20.